The van der Waals surface area contributed by atoms with Gasteiger partial charge in [-0.2, -0.15) is 0 Å². The zero-order valence-corrected chi connectivity index (χ0v) is 6.94. The molecule has 1 nitrogen and oxygen atoms in total. The Kier molecular flexibility index (Phi) is 1.90. The molecular weight excluding hydrogens is 144 g/mol. The minimum Gasteiger partial charge on any atom is -0.507 e. The van der Waals surface area contributed by atoms with Crippen LogP contribution in [0, 0.1) is 13.8 Å². The average Bonchev–Trinajstić information content (AvgIpc) is 1.82. The second kappa shape index (κ2) is 2.54. The van der Waals surface area contributed by atoms with Crippen LogP contribution in [0.2, 0.25) is 0 Å². The van der Waals surface area contributed by atoms with Crippen LogP contribution in [0.5, 0.6) is 5.75 Å². The summed E-state index contributed by atoms with van der Waals surface area (Å²) in [5, 5.41) is 9.25. The van der Waals surface area contributed by atoms with Gasteiger partial charge in [-0.05, 0) is 31.0 Å². The van der Waals surface area contributed by atoms with Crippen molar-refractivity contribution in [1.82, 2.24) is 0 Å². The highest BCUT2D eigenvalue weighted by Crippen LogP contribution is 2.26. The molecule has 54 valence electrons. The predicted molar refractivity (Wildman–Crippen MR) is 44.8 cm³/mol. The standard InChI is InChI=1S/C8H10OS/c1-5-3-6(2)8(9)7(10)4-5/h3-4,9-10H,1-2H3. The molecule has 0 saturated carbocycles. The normalized spacial score (nSPS) is 9.90. The van der Waals surface area contributed by atoms with E-state index in [1.165, 1.54) is 0 Å². The number of aryl methyl sites for hydroxylation is 2. The van der Waals surface area contributed by atoms with Gasteiger partial charge in [0, 0.05) is 4.90 Å². The van der Waals surface area contributed by atoms with Crippen LogP contribution in [0.25, 0.3) is 0 Å². The van der Waals surface area contributed by atoms with Crippen LogP contribution in [-0.4, -0.2) is 5.11 Å². The molecule has 10 heavy (non-hydrogen) atoms. The third-order valence-corrected chi connectivity index (χ3v) is 1.77. The Balaban J connectivity index is 3.31. The van der Waals surface area contributed by atoms with Crippen molar-refractivity contribution >= 4 is 12.6 Å². The Labute approximate surface area is 66.1 Å². The summed E-state index contributed by atoms with van der Waals surface area (Å²) in [6, 6.07) is 3.76. The van der Waals surface area contributed by atoms with Gasteiger partial charge in [0.15, 0.2) is 0 Å². The molecule has 0 amide bonds. The number of phenolic OH excluding ortho intramolecular Hbond substituents is 1. The first-order chi connectivity index (χ1) is 4.61. The van der Waals surface area contributed by atoms with Crippen LogP contribution in [0.15, 0.2) is 17.0 Å². The Morgan fingerprint density at radius 2 is 1.90 bits per heavy atom. The summed E-state index contributed by atoms with van der Waals surface area (Å²) in [4.78, 5) is 0.650. The lowest BCUT2D eigenvalue weighted by Crippen LogP contribution is -1.79. The molecule has 0 spiro atoms. The Morgan fingerprint density at radius 1 is 1.30 bits per heavy atom. The Morgan fingerprint density at radius 3 is 2.40 bits per heavy atom. The molecule has 1 rings (SSSR count). The molecule has 1 aromatic carbocycles. The Hall–Kier alpha value is -0.630. The molecule has 0 fully saturated rings. The summed E-state index contributed by atoms with van der Waals surface area (Å²) < 4.78 is 0. The van der Waals surface area contributed by atoms with Crippen molar-refractivity contribution in [3.8, 4) is 5.75 Å². The SMILES string of the molecule is Cc1cc(C)c(O)c(S)c1. The van der Waals surface area contributed by atoms with E-state index in [0.717, 1.165) is 11.1 Å². The van der Waals surface area contributed by atoms with Gasteiger partial charge < -0.3 is 5.11 Å². The van der Waals surface area contributed by atoms with Gasteiger partial charge >= 0.3 is 0 Å². The van der Waals surface area contributed by atoms with Crippen molar-refractivity contribution in [2.24, 2.45) is 0 Å². The average molecular weight is 154 g/mol. The van der Waals surface area contributed by atoms with Gasteiger partial charge in [-0.25, -0.2) is 0 Å². The van der Waals surface area contributed by atoms with Crippen LogP contribution < -0.4 is 0 Å². The van der Waals surface area contributed by atoms with E-state index in [4.69, 9.17) is 0 Å². The molecular formula is C8H10OS. The van der Waals surface area contributed by atoms with E-state index in [1.54, 1.807) is 0 Å². The molecule has 2 heteroatoms. The topological polar surface area (TPSA) is 20.2 Å². The fourth-order valence-corrected chi connectivity index (χ4v) is 1.32. The lowest BCUT2D eigenvalue weighted by atomic mass is 10.1. The van der Waals surface area contributed by atoms with Crippen LogP contribution >= 0.6 is 12.6 Å². The highest BCUT2D eigenvalue weighted by Gasteiger charge is 1.99. The lowest BCUT2D eigenvalue weighted by Gasteiger charge is -2.02. The van der Waals surface area contributed by atoms with E-state index < -0.39 is 0 Å². The molecule has 0 radical (unpaired) electrons. The third kappa shape index (κ3) is 1.27. The summed E-state index contributed by atoms with van der Waals surface area (Å²) in [5.41, 5.74) is 2.00. The number of phenols is 1. The van der Waals surface area contributed by atoms with Crippen molar-refractivity contribution in [2.45, 2.75) is 18.7 Å². The molecule has 0 aliphatic heterocycles. The fraction of sp³-hybridized carbons (Fsp3) is 0.250. The van der Waals surface area contributed by atoms with Gasteiger partial charge in [-0.15, -0.1) is 12.6 Å². The number of hydrogen-bond donors (Lipinski definition) is 2. The van der Waals surface area contributed by atoms with Gasteiger partial charge in [0.1, 0.15) is 5.75 Å². The zero-order valence-electron chi connectivity index (χ0n) is 6.05. The molecule has 0 aliphatic carbocycles. The van der Waals surface area contributed by atoms with E-state index in [2.05, 4.69) is 12.6 Å². The number of thiol groups is 1. The van der Waals surface area contributed by atoms with Gasteiger partial charge in [-0.1, -0.05) is 6.07 Å². The quantitative estimate of drug-likeness (QED) is 0.549. The van der Waals surface area contributed by atoms with Crippen molar-refractivity contribution in [2.75, 3.05) is 0 Å². The molecule has 1 N–H and O–H groups in total. The minimum absolute atomic E-state index is 0.286. The minimum atomic E-state index is 0.286. The molecule has 0 atom stereocenters. The van der Waals surface area contributed by atoms with Crippen molar-refractivity contribution in [3.63, 3.8) is 0 Å². The lowest BCUT2D eigenvalue weighted by molar-refractivity contribution is 0.458. The molecule has 0 aliphatic rings. The highest BCUT2D eigenvalue weighted by atomic mass is 32.1. The number of benzene rings is 1. The first-order valence-corrected chi connectivity index (χ1v) is 3.55. The summed E-state index contributed by atoms with van der Waals surface area (Å²) >= 11 is 4.09. The predicted octanol–water partition coefficient (Wildman–Crippen LogP) is 2.30. The Bertz CT molecular complexity index is 232. The largest absolute Gasteiger partial charge is 0.507 e. The maximum Gasteiger partial charge on any atom is 0.131 e. The summed E-state index contributed by atoms with van der Waals surface area (Å²) in [7, 11) is 0. The maximum absolute atomic E-state index is 9.25. The van der Waals surface area contributed by atoms with Gasteiger partial charge in [-0.3, -0.25) is 0 Å². The van der Waals surface area contributed by atoms with E-state index in [9.17, 15) is 5.11 Å². The monoisotopic (exact) mass is 154 g/mol. The number of rotatable bonds is 0. The van der Waals surface area contributed by atoms with Gasteiger partial charge in [0.05, 0.1) is 0 Å². The molecule has 0 heterocycles. The highest BCUT2D eigenvalue weighted by molar-refractivity contribution is 7.80. The number of aromatic hydroxyl groups is 1. The van der Waals surface area contributed by atoms with E-state index in [0.29, 0.717) is 4.90 Å². The molecule has 0 bridgehead atoms. The summed E-state index contributed by atoms with van der Waals surface area (Å²) in [6.07, 6.45) is 0. The first-order valence-electron chi connectivity index (χ1n) is 3.10. The summed E-state index contributed by atoms with van der Waals surface area (Å²) in [6.45, 7) is 3.84. The van der Waals surface area contributed by atoms with Gasteiger partial charge in [0.25, 0.3) is 0 Å². The van der Waals surface area contributed by atoms with Crippen molar-refractivity contribution in [3.05, 3.63) is 23.3 Å². The van der Waals surface area contributed by atoms with E-state index in [-0.39, 0.29) is 5.75 Å². The fourth-order valence-electron chi connectivity index (χ4n) is 0.938. The smallest absolute Gasteiger partial charge is 0.131 e. The van der Waals surface area contributed by atoms with Crippen LogP contribution in [-0.2, 0) is 0 Å². The molecule has 0 unspecified atom stereocenters. The van der Waals surface area contributed by atoms with E-state index >= 15 is 0 Å². The van der Waals surface area contributed by atoms with Crippen LogP contribution in [0.3, 0.4) is 0 Å². The van der Waals surface area contributed by atoms with Crippen LogP contribution in [0.1, 0.15) is 11.1 Å². The second-order valence-corrected chi connectivity index (χ2v) is 2.93. The molecule has 0 saturated heterocycles. The molecule has 1 aromatic rings. The van der Waals surface area contributed by atoms with Crippen molar-refractivity contribution in [1.29, 1.82) is 0 Å². The summed E-state index contributed by atoms with van der Waals surface area (Å²) in [5.74, 6) is 0.286. The first kappa shape index (κ1) is 7.48. The number of hydrogen-bond acceptors (Lipinski definition) is 2. The zero-order chi connectivity index (χ0) is 7.72. The maximum atomic E-state index is 9.25. The van der Waals surface area contributed by atoms with Crippen LogP contribution in [0.4, 0.5) is 0 Å². The van der Waals surface area contributed by atoms with Gasteiger partial charge in [0.2, 0.25) is 0 Å². The van der Waals surface area contributed by atoms with E-state index in [1.807, 2.05) is 26.0 Å². The second-order valence-electron chi connectivity index (χ2n) is 2.45. The third-order valence-electron chi connectivity index (χ3n) is 1.42. The van der Waals surface area contributed by atoms with Crippen molar-refractivity contribution < 1.29 is 5.11 Å². The molecule has 0 aromatic heterocycles.